The van der Waals surface area contributed by atoms with E-state index in [4.69, 9.17) is 5.11 Å². The topological polar surface area (TPSA) is 150 Å². The van der Waals surface area contributed by atoms with Gasteiger partial charge in [0.2, 0.25) is 5.92 Å². The van der Waals surface area contributed by atoms with Crippen molar-refractivity contribution in [2.75, 3.05) is 13.3 Å². The molecule has 0 saturated carbocycles. The van der Waals surface area contributed by atoms with Gasteiger partial charge in [-0.3, -0.25) is 30.3 Å². The summed E-state index contributed by atoms with van der Waals surface area (Å²) in [5.41, 5.74) is 0. The third kappa shape index (κ3) is 1.81. The fourth-order valence-electron chi connectivity index (χ4n) is 0.922. The highest BCUT2D eigenvalue weighted by atomic mass is 19.1. The van der Waals surface area contributed by atoms with Gasteiger partial charge in [-0.25, -0.2) is 4.39 Å². The third-order valence-corrected chi connectivity index (χ3v) is 1.76. The summed E-state index contributed by atoms with van der Waals surface area (Å²) < 4.78 is 12.2. The molecule has 0 heterocycles. The molecule has 0 aliphatic carbocycles. The number of aliphatic hydroxyl groups is 1. The Morgan fingerprint density at radius 3 is 1.53 bits per heavy atom. The molecule has 0 saturated heterocycles. The summed E-state index contributed by atoms with van der Waals surface area (Å²) in [7, 11) is 0. The molecule has 10 nitrogen and oxygen atoms in total. The Kier molecular flexibility index (Phi) is 3.97. The van der Waals surface area contributed by atoms with Gasteiger partial charge in [0.1, 0.15) is 6.67 Å². The Morgan fingerprint density at radius 2 is 1.47 bits per heavy atom. The van der Waals surface area contributed by atoms with Crippen LogP contribution in [0.15, 0.2) is 0 Å². The summed E-state index contributed by atoms with van der Waals surface area (Å²) in [5.74, 6) is -6.28. The normalized spacial score (nSPS) is 13.2. The van der Waals surface area contributed by atoms with Crippen LogP contribution >= 0.6 is 0 Å². The zero-order valence-corrected chi connectivity index (χ0v) is 7.11. The number of nitro groups is 3. The number of hydrogen-bond donors (Lipinski definition) is 1. The van der Waals surface area contributed by atoms with Crippen molar-refractivity contribution in [2.45, 2.75) is 5.79 Å². The molecule has 11 heteroatoms. The van der Waals surface area contributed by atoms with E-state index in [0.29, 0.717) is 0 Å². The molecule has 86 valence electrons. The van der Waals surface area contributed by atoms with Crippen molar-refractivity contribution in [3.63, 3.8) is 0 Å². The largest absolute Gasteiger partial charge is 0.707 e. The Morgan fingerprint density at radius 1 is 1.13 bits per heavy atom. The molecule has 15 heavy (non-hydrogen) atoms. The van der Waals surface area contributed by atoms with E-state index in [0.717, 1.165) is 0 Å². The van der Waals surface area contributed by atoms with Crippen molar-refractivity contribution >= 4 is 0 Å². The molecule has 0 aliphatic rings. The molecule has 1 atom stereocenters. The van der Waals surface area contributed by atoms with E-state index >= 15 is 0 Å². The molecule has 0 fully saturated rings. The SMILES string of the molecule is O=[N+]([O-])C(C(CO)CF)([N+](=O)[O-])[N+](=O)[O-]. The van der Waals surface area contributed by atoms with Gasteiger partial charge in [-0.2, -0.15) is 0 Å². The van der Waals surface area contributed by atoms with Gasteiger partial charge in [0.25, 0.3) is 0 Å². The van der Waals surface area contributed by atoms with Crippen molar-refractivity contribution in [2.24, 2.45) is 5.92 Å². The third-order valence-electron chi connectivity index (χ3n) is 1.76. The Hall–Kier alpha value is -1.91. The van der Waals surface area contributed by atoms with Crippen LogP contribution in [0.4, 0.5) is 4.39 Å². The number of alkyl halides is 1. The van der Waals surface area contributed by atoms with Crippen molar-refractivity contribution < 1.29 is 24.3 Å². The lowest BCUT2D eigenvalue weighted by molar-refractivity contribution is -0.978. The standard InChI is InChI=1S/C4H6FN3O7/c5-1-3(2-9)4(6(10)11,7(12)13)8(14)15/h3,9H,1-2H2. The zero-order valence-electron chi connectivity index (χ0n) is 7.11. The number of nitrogens with zero attached hydrogens (tertiary/aromatic N) is 3. The first-order chi connectivity index (χ1) is 6.85. The minimum atomic E-state index is -3.94. The van der Waals surface area contributed by atoms with Crippen LogP contribution in [0.2, 0.25) is 0 Å². The molecule has 0 rings (SSSR count). The highest BCUT2D eigenvalue weighted by Gasteiger charge is 2.76. The second-order valence-corrected chi connectivity index (χ2v) is 2.49. The van der Waals surface area contributed by atoms with Crippen molar-refractivity contribution in [1.29, 1.82) is 0 Å². The first-order valence-electron chi connectivity index (χ1n) is 3.45. The van der Waals surface area contributed by atoms with Crippen LogP contribution in [0.25, 0.3) is 0 Å². The smallest absolute Gasteiger partial charge is 0.395 e. The quantitative estimate of drug-likeness (QED) is 0.349. The van der Waals surface area contributed by atoms with Crippen LogP contribution in [0.1, 0.15) is 0 Å². The minimum Gasteiger partial charge on any atom is -0.395 e. The highest BCUT2D eigenvalue weighted by molar-refractivity contribution is 4.66. The maximum Gasteiger partial charge on any atom is 0.707 e. The van der Waals surface area contributed by atoms with Crippen LogP contribution in [0.3, 0.4) is 0 Å². The van der Waals surface area contributed by atoms with E-state index in [1.807, 2.05) is 0 Å². The molecule has 0 amide bonds. The molecule has 1 N–H and O–H groups in total. The van der Waals surface area contributed by atoms with E-state index in [-0.39, 0.29) is 0 Å². The zero-order chi connectivity index (χ0) is 12.2. The van der Waals surface area contributed by atoms with Gasteiger partial charge >= 0.3 is 5.79 Å². The first-order valence-corrected chi connectivity index (χ1v) is 3.45. The van der Waals surface area contributed by atoms with Crippen molar-refractivity contribution in [1.82, 2.24) is 0 Å². The fourth-order valence-corrected chi connectivity index (χ4v) is 0.922. The average Bonchev–Trinajstić information content (AvgIpc) is 2.11. The van der Waals surface area contributed by atoms with Crippen molar-refractivity contribution in [3.05, 3.63) is 30.3 Å². The maximum atomic E-state index is 12.2. The van der Waals surface area contributed by atoms with Gasteiger partial charge in [-0.1, -0.05) is 0 Å². The van der Waals surface area contributed by atoms with Crippen LogP contribution in [-0.2, 0) is 0 Å². The predicted molar refractivity (Wildman–Crippen MR) is 40.3 cm³/mol. The van der Waals surface area contributed by atoms with E-state index < -0.39 is 39.8 Å². The van der Waals surface area contributed by atoms with E-state index in [9.17, 15) is 34.7 Å². The lowest BCUT2D eigenvalue weighted by Gasteiger charge is -2.13. The van der Waals surface area contributed by atoms with Crippen molar-refractivity contribution in [3.8, 4) is 0 Å². The van der Waals surface area contributed by atoms with Crippen LogP contribution < -0.4 is 0 Å². The molecule has 0 aromatic rings. The summed E-state index contributed by atoms with van der Waals surface area (Å²) in [6.07, 6.45) is 0. The summed E-state index contributed by atoms with van der Waals surface area (Å²) in [6.45, 7) is -3.13. The Balaban J connectivity index is 5.61. The Labute approximate surface area is 80.8 Å². The molecule has 0 radical (unpaired) electrons. The first kappa shape index (κ1) is 13.1. The molecular formula is C4H6FN3O7. The number of rotatable bonds is 6. The second kappa shape index (κ2) is 4.54. The summed E-state index contributed by atoms with van der Waals surface area (Å²) >= 11 is 0. The molecular weight excluding hydrogens is 221 g/mol. The van der Waals surface area contributed by atoms with Gasteiger partial charge in [0.15, 0.2) is 14.8 Å². The summed E-state index contributed by atoms with van der Waals surface area (Å²) in [5, 5.41) is 39.4. The average molecular weight is 227 g/mol. The number of halogens is 1. The van der Waals surface area contributed by atoms with Crippen LogP contribution in [0.5, 0.6) is 0 Å². The van der Waals surface area contributed by atoms with E-state index in [2.05, 4.69) is 0 Å². The van der Waals surface area contributed by atoms with E-state index in [1.54, 1.807) is 0 Å². The second-order valence-electron chi connectivity index (χ2n) is 2.49. The fraction of sp³-hybridized carbons (Fsp3) is 1.00. The summed E-state index contributed by atoms with van der Waals surface area (Å²) in [4.78, 5) is 25.4. The van der Waals surface area contributed by atoms with E-state index in [1.165, 1.54) is 0 Å². The summed E-state index contributed by atoms with van der Waals surface area (Å²) in [6, 6.07) is 0. The number of aliphatic hydroxyl groups excluding tert-OH is 1. The van der Waals surface area contributed by atoms with Gasteiger partial charge in [0.05, 0.1) is 6.61 Å². The molecule has 0 bridgehead atoms. The molecule has 1 unspecified atom stereocenters. The molecule has 0 spiro atoms. The van der Waals surface area contributed by atoms with Gasteiger partial charge in [-0.15, -0.1) is 0 Å². The van der Waals surface area contributed by atoms with Crippen LogP contribution in [0, 0.1) is 36.3 Å². The van der Waals surface area contributed by atoms with Crippen LogP contribution in [-0.4, -0.2) is 38.9 Å². The Bertz CT molecular complexity index is 254. The lowest BCUT2D eigenvalue weighted by atomic mass is 10.0. The monoisotopic (exact) mass is 227 g/mol. The van der Waals surface area contributed by atoms with Gasteiger partial charge in [-0.05, 0) is 0 Å². The highest BCUT2D eigenvalue weighted by Crippen LogP contribution is 2.23. The lowest BCUT2D eigenvalue weighted by Crippen LogP contribution is -2.60. The predicted octanol–water partition coefficient (Wildman–Crippen LogP) is -0.952. The van der Waals surface area contributed by atoms with Gasteiger partial charge < -0.3 is 5.11 Å². The maximum absolute atomic E-state index is 12.2. The minimum absolute atomic E-state index is 1.38. The van der Waals surface area contributed by atoms with Gasteiger partial charge in [0, 0.05) is 0 Å². The number of hydrogen-bond acceptors (Lipinski definition) is 7. The molecule has 0 aliphatic heterocycles. The molecule has 0 aromatic carbocycles. The molecule has 0 aromatic heterocycles.